The third-order valence-electron chi connectivity index (χ3n) is 0. The zero-order valence-electron chi connectivity index (χ0n) is 3.55. The average molecular weight is 211 g/mol. The molecule has 0 aliphatic rings. The summed E-state index contributed by atoms with van der Waals surface area (Å²) in [6.07, 6.45) is 0. The van der Waals surface area contributed by atoms with Crippen LogP contribution in [0.4, 0.5) is 0 Å². The van der Waals surface area contributed by atoms with E-state index in [1.807, 2.05) is 0 Å². The second-order valence-electron chi connectivity index (χ2n) is 0. The fourth-order valence-electron chi connectivity index (χ4n) is 0. The van der Waals surface area contributed by atoms with Crippen LogP contribution in [0, 0.1) is 0 Å². The molecular formula is CH3Cl3MgZn. The number of rotatable bonds is 0. The van der Waals surface area contributed by atoms with Gasteiger partial charge in [0.15, 0.2) is 0 Å². The van der Waals surface area contributed by atoms with E-state index in [0.29, 0.717) is 0 Å². The Kier molecular flexibility index (Phi) is 380. The van der Waals surface area contributed by atoms with Gasteiger partial charge in [0.1, 0.15) is 0 Å². The smallest absolute Gasteiger partial charge is 1.00 e. The van der Waals surface area contributed by atoms with Gasteiger partial charge in [0.2, 0.25) is 0 Å². The Morgan fingerprint density at radius 2 is 0.833 bits per heavy atom. The van der Waals surface area contributed by atoms with Gasteiger partial charge in [-0.2, -0.15) is 0 Å². The van der Waals surface area contributed by atoms with Crippen LogP contribution in [-0.4, -0.2) is 23.1 Å². The Balaban J connectivity index is -0.000000000833. The summed E-state index contributed by atoms with van der Waals surface area (Å²) in [4.78, 5) is 0. The predicted molar refractivity (Wildman–Crippen MR) is 11.6 cm³/mol. The van der Waals surface area contributed by atoms with Gasteiger partial charge >= 0.3 is 46.9 Å². The molecule has 32 valence electrons. The van der Waals surface area contributed by atoms with Crippen molar-refractivity contribution >= 4 is 23.1 Å². The zero-order valence-corrected chi connectivity index (χ0v) is 10.2. The van der Waals surface area contributed by atoms with Crippen LogP contribution < -0.4 is 37.2 Å². The van der Waals surface area contributed by atoms with Crippen molar-refractivity contribution in [1.29, 1.82) is 0 Å². The minimum Gasteiger partial charge on any atom is -1.00 e. The summed E-state index contributed by atoms with van der Waals surface area (Å²) in [6, 6.07) is 0. The van der Waals surface area contributed by atoms with Crippen LogP contribution in [0.1, 0.15) is 0 Å². The van der Waals surface area contributed by atoms with Crippen molar-refractivity contribution in [3.63, 3.8) is 0 Å². The second kappa shape index (κ2) is 55.7. The monoisotopic (exact) mass is 208 g/mol. The Morgan fingerprint density at radius 3 is 0.833 bits per heavy atom. The molecule has 0 heterocycles. The summed E-state index contributed by atoms with van der Waals surface area (Å²) < 4.78 is 0. The molecule has 0 saturated heterocycles. The molecule has 0 atom stereocenters. The van der Waals surface area contributed by atoms with E-state index in [1.165, 1.54) is 18.3 Å². The summed E-state index contributed by atoms with van der Waals surface area (Å²) in [5.41, 5.74) is 2.12. The van der Waals surface area contributed by atoms with Crippen LogP contribution in [0.3, 0.4) is 0 Å². The summed E-state index contributed by atoms with van der Waals surface area (Å²) in [6.45, 7) is 0. The van der Waals surface area contributed by atoms with Gasteiger partial charge < -0.3 is 37.2 Å². The van der Waals surface area contributed by atoms with E-state index in [9.17, 15) is 0 Å². The maximum Gasteiger partial charge on any atom is 2.00 e. The molecule has 0 bridgehead atoms. The Morgan fingerprint density at radius 1 is 0.833 bits per heavy atom. The topological polar surface area (TPSA) is 0 Å². The maximum absolute atomic E-state index is 2.12. The number of hydrogen-bond donors (Lipinski definition) is 0. The molecule has 0 radical (unpaired) electrons. The molecule has 0 unspecified atom stereocenters. The first-order valence-corrected chi connectivity index (χ1v) is 3.67. The molecular weight excluding hydrogens is 208 g/mol. The first-order valence-electron chi connectivity index (χ1n) is 0.707. The standard InChI is InChI=1S/CH3.3ClH.Mg.Zn/h1H3;3*1H;;/q;;;;+2;+1/p-3. The quantitative estimate of drug-likeness (QED) is 0.349. The molecule has 0 amide bonds. The van der Waals surface area contributed by atoms with E-state index in [-0.39, 0.29) is 60.3 Å². The normalized spacial score (nSPS) is 1.17. The van der Waals surface area contributed by atoms with Gasteiger partial charge in [-0.25, -0.2) is 0 Å². The van der Waals surface area contributed by atoms with Crippen molar-refractivity contribution in [2.75, 3.05) is 0 Å². The van der Waals surface area contributed by atoms with E-state index in [4.69, 9.17) is 0 Å². The van der Waals surface area contributed by atoms with Crippen LogP contribution in [-0.2, 0) is 18.3 Å². The van der Waals surface area contributed by atoms with Crippen molar-refractivity contribution in [3.05, 3.63) is 0 Å². The Bertz CT molecular complexity index is 10.8. The molecule has 0 aromatic heterocycles. The van der Waals surface area contributed by atoms with E-state index in [0.717, 1.165) is 0 Å². The Labute approximate surface area is 83.3 Å². The van der Waals surface area contributed by atoms with E-state index < -0.39 is 0 Å². The first kappa shape index (κ1) is 41.0. The van der Waals surface area contributed by atoms with Gasteiger partial charge in [-0.05, 0) is 0 Å². The SMILES string of the molecule is [CH3][Zn+].[Cl-].[Cl-].[Cl-].[Mg+2]. The molecule has 0 aliphatic carbocycles. The fraction of sp³-hybridized carbons (Fsp3) is 1.00. The van der Waals surface area contributed by atoms with Crippen LogP contribution in [0.2, 0.25) is 5.52 Å². The predicted octanol–water partition coefficient (Wildman–Crippen LogP) is -8.79. The third-order valence-corrected chi connectivity index (χ3v) is 0. The van der Waals surface area contributed by atoms with Gasteiger partial charge in [0.25, 0.3) is 0 Å². The molecule has 0 fully saturated rings. The minimum atomic E-state index is 0. The number of halogens is 3. The molecule has 0 saturated carbocycles. The van der Waals surface area contributed by atoms with Crippen molar-refractivity contribution < 1.29 is 55.5 Å². The van der Waals surface area contributed by atoms with Gasteiger partial charge in [-0.1, -0.05) is 0 Å². The van der Waals surface area contributed by atoms with E-state index in [1.54, 1.807) is 0 Å². The third kappa shape index (κ3) is 33.9. The van der Waals surface area contributed by atoms with Gasteiger partial charge in [-0.15, -0.1) is 0 Å². The van der Waals surface area contributed by atoms with Crippen LogP contribution in [0.5, 0.6) is 0 Å². The van der Waals surface area contributed by atoms with Gasteiger partial charge in [0, 0.05) is 0 Å². The van der Waals surface area contributed by atoms with Crippen LogP contribution in [0.25, 0.3) is 0 Å². The summed E-state index contributed by atoms with van der Waals surface area (Å²) in [5.74, 6) is 0. The summed E-state index contributed by atoms with van der Waals surface area (Å²) >= 11 is 1.38. The minimum absolute atomic E-state index is 0. The van der Waals surface area contributed by atoms with E-state index >= 15 is 0 Å². The van der Waals surface area contributed by atoms with Crippen molar-refractivity contribution in [2.45, 2.75) is 5.52 Å². The second-order valence-corrected chi connectivity index (χ2v) is 0. The molecule has 0 spiro atoms. The van der Waals surface area contributed by atoms with Crippen molar-refractivity contribution in [3.8, 4) is 0 Å². The Hall–Kier alpha value is 2.26. The zero-order chi connectivity index (χ0) is 2.00. The van der Waals surface area contributed by atoms with Crippen LogP contribution in [0.15, 0.2) is 0 Å². The average Bonchev–Trinajstić information content (AvgIpc) is 1.00. The molecule has 0 aromatic carbocycles. The van der Waals surface area contributed by atoms with Gasteiger partial charge in [-0.3, -0.25) is 0 Å². The maximum atomic E-state index is 2.12. The molecule has 0 rings (SSSR count). The van der Waals surface area contributed by atoms with Crippen LogP contribution >= 0.6 is 0 Å². The largest absolute Gasteiger partial charge is 2.00 e. The molecule has 0 nitrogen and oxygen atoms in total. The fourth-order valence-corrected chi connectivity index (χ4v) is 0. The summed E-state index contributed by atoms with van der Waals surface area (Å²) in [7, 11) is 0. The van der Waals surface area contributed by atoms with Crippen molar-refractivity contribution in [1.82, 2.24) is 0 Å². The summed E-state index contributed by atoms with van der Waals surface area (Å²) in [5, 5.41) is 0. The first-order chi connectivity index (χ1) is 1.00. The molecule has 0 N–H and O–H groups in total. The van der Waals surface area contributed by atoms with Crippen molar-refractivity contribution in [2.24, 2.45) is 0 Å². The molecule has 6 heavy (non-hydrogen) atoms. The van der Waals surface area contributed by atoms with E-state index in [2.05, 4.69) is 5.52 Å². The van der Waals surface area contributed by atoms with Gasteiger partial charge in [0.05, 0.1) is 0 Å². The molecule has 0 aliphatic heterocycles. The number of hydrogen-bond acceptors (Lipinski definition) is 0. The molecule has 5 heteroatoms. The molecule has 0 aromatic rings.